The highest BCUT2D eigenvalue weighted by Crippen LogP contribution is 2.35. The van der Waals surface area contributed by atoms with Crippen LogP contribution in [0.3, 0.4) is 0 Å². The van der Waals surface area contributed by atoms with E-state index in [9.17, 15) is 13.2 Å². The molecule has 0 aromatic heterocycles. The fourth-order valence-electron chi connectivity index (χ4n) is 1.80. The van der Waals surface area contributed by atoms with Crippen LogP contribution in [0.15, 0.2) is 22.7 Å². The van der Waals surface area contributed by atoms with Gasteiger partial charge in [-0.25, -0.2) is 0 Å². The van der Waals surface area contributed by atoms with E-state index in [-0.39, 0.29) is 6.04 Å². The quantitative estimate of drug-likeness (QED) is 0.645. The molecule has 0 amide bonds. The summed E-state index contributed by atoms with van der Waals surface area (Å²) in [6.07, 6.45) is -3.53. The highest BCUT2D eigenvalue weighted by atomic mass is 79.9. The Kier molecular flexibility index (Phi) is 5.99. The predicted octanol–water partition coefficient (Wildman–Crippen LogP) is 5.31. The number of halogens is 5. The maximum Gasteiger partial charge on any atom is 0.416 e. The first-order valence-electron chi connectivity index (χ1n) is 5.96. The molecule has 0 spiro atoms. The maximum atomic E-state index is 12.6. The molecule has 108 valence electrons. The molecule has 0 aliphatic rings. The van der Waals surface area contributed by atoms with Crippen molar-refractivity contribution in [3.05, 3.63) is 28.2 Å². The molecule has 0 heterocycles. The first-order chi connectivity index (χ1) is 8.77. The Bertz CT molecular complexity index is 421. The van der Waals surface area contributed by atoms with Gasteiger partial charge in [-0.05, 0) is 54.4 Å². The van der Waals surface area contributed by atoms with Crippen LogP contribution in [-0.2, 0) is 6.18 Å². The van der Waals surface area contributed by atoms with Crippen molar-refractivity contribution in [3.63, 3.8) is 0 Å². The standard InChI is InChI=1S/C13H16BrClF3N/c1-9(2)19(7-3-6-15)12-5-4-10(8-11(12)14)13(16,17)18/h4-5,8-9H,3,6-7H2,1-2H3. The van der Waals surface area contributed by atoms with Gasteiger partial charge in [0.1, 0.15) is 0 Å². The number of hydrogen-bond donors (Lipinski definition) is 0. The number of alkyl halides is 4. The number of hydrogen-bond acceptors (Lipinski definition) is 1. The van der Waals surface area contributed by atoms with Crippen LogP contribution in [0.1, 0.15) is 25.8 Å². The van der Waals surface area contributed by atoms with E-state index in [1.165, 1.54) is 6.07 Å². The summed E-state index contributed by atoms with van der Waals surface area (Å²) < 4.78 is 38.3. The van der Waals surface area contributed by atoms with Crippen molar-refractivity contribution in [1.29, 1.82) is 0 Å². The van der Waals surface area contributed by atoms with Crippen LogP contribution in [0.2, 0.25) is 0 Å². The van der Waals surface area contributed by atoms with Crippen LogP contribution < -0.4 is 4.90 Å². The Morgan fingerprint density at radius 2 is 1.95 bits per heavy atom. The maximum absolute atomic E-state index is 12.6. The smallest absolute Gasteiger partial charge is 0.368 e. The zero-order valence-corrected chi connectivity index (χ0v) is 13.1. The van der Waals surface area contributed by atoms with Crippen molar-refractivity contribution in [2.45, 2.75) is 32.5 Å². The lowest BCUT2D eigenvalue weighted by molar-refractivity contribution is -0.137. The van der Waals surface area contributed by atoms with E-state index in [0.29, 0.717) is 16.9 Å². The van der Waals surface area contributed by atoms with Gasteiger partial charge in [0.25, 0.3) is 0 Å². The van der Waals surface area contributed by atoms with Gasteiger partial charge in [0.15, 0.2) is 0 Å². The lowest BCUT2D eigenvalue weighted by Crippen LogP contribution is -2.32. The van der Waals surface area contributed by atoms with Crippen molar-refractivity contribution >= 4 is 33.2 Å². The first kappa shape index (κ1) is 16.6. The molecule has 0 unspecified atom stereocenters. The zero-order chi connectivity index (χ0) is 14.6. The van der Waals surface area contributed by atoms with Gasteiger partial charge in [-0.2, -0.15) is 13.2 Å². The predicted molar refractivity (Wildman–Crippen MR) is 77.0 cm³/mol. The third-order valence-corrected chi connectivity index (χ3v) is 3.64. The van der Waals surface area contributed by atoms with Gasteiger partial charge >= 0.3 is 6.18 Å². The second-order valence-electron chi connectivity index (χ2n) is 4.49. The average Bonchev–Trinajstić information content (AvgIpc) is 2.29. The molecule has 0 bridgehead atoms. The van der Waals surface area contributed by atoms with E-state index in [1.54, 1.807) is 0 Å². The molecule has 0 aliphatic carbocycles. The SMILES string of the molecule is CC(C)N(CCCCl)c1ccc(C(F)(F)F)cc1Br. The van der Waals surface area contributed by atoms with Gasteiger partial charge in [0.05, 0.1) is 11.3 Å². The Morgan fingerprint density at radius 1 is 1.32 bits per heavy atom. The molecule has 0 aliphatic heterocycles. The van der Waals surface area contributed by atoms with Gasteiger partial charge in [-0.15, -0.1) is 11.6 Å². The summed E-state index contributed by atoms with van der Waals surface area (Å²) in [5.74, 6) is 0.529. The van der Waals surface area contributed by atoms with Crippen molar-refractivity contribution in [1.82, 2.24) is 0 Å². The average molecular weight is 359 g/mol. The monoisotopic (exact) mass is 357 g/mol. The van der Waals surface area contributed by atoms with Crippen molar-refractivity contribution in [3.8, 4) is 0 Å². The second kappa shape index (κ2) is 6.84. The molecule has 1 rings (SSSR count). The van der Waals surface area contributed by atoms with Gasteiger partial charge in [0.2, 0.25) is 0 Å². The molecule has 0 saturated carbocycles. The summed E-state index contributed by atoms with van der Waals surface area (Å²) in [5, 5.41) is 0. The van der Waals surface area contributed by atoms with Gasteiger partial charge in [0, 0.05) is 22.9 Å². The molecule has 1 aromatic carbocycles. The van der Waals surface area contributed by atoms with Crippen LogP contribution in [-0.4, -0.2) is 18.5 Å². The Morgan fingerprint density at radius 3 is 2.37 bits per heavy atom. The Labute approximate surface area is 124 Å². The lowest BCUT2D eigenvalue weighted by Gasteiger charge is -2.30. The second-order valence-corrected chi connectivity index (χ2v) is 5.73. The number of anilines is 1. The summed E-state index contributed by atoms with van der Waals surface area (Å²) in [6, 6.07) is 3.92. The molecule has 0 N–H and O–H groups in total. The van der Waals surface area contributed by atoms with Crippen LogP contribution in [0, 0.1) is 0 Å². The highest BCUT2D eigenvalue weighted by Gasteiger charge is 2.31. The molecule has 0 atom stereocenters. The Hall–Kier alpha value is -0.420. The Balaban J connectivity index is 3.05. The van der Waals surface area contributed by atoms with E-state index < -0.39 is 11.7 Å². The normalized spacial score (nSPS) is 12.0. The molecule has 0 radical (unpaired) electrons. The van der Waals surface area contributed by atoms with Crippen molar-refractivity contribution in [2.24, 2.45) is 0 Å². The van der Waals surface area contributed by atoms with Crippen LogP contribution in [0.25, 0.3) is 0 Å². The minimum Gasteiger partial charge on any atom is -0.368 e. The lowest BCUT2D eigenvalue weighted by atomic mass is 10.1. The summed E-state index contributed by atoms with van der Waals surface area (Å²) in [4.78, 5) is 2.03. The van der Waals surface area contributed by atoms with E-state index in [2.05, 4.69) is 15.9 Å². The topological polar surface area (TPSA) is 3.24 Å². The minimum absolute atomic E-state index is 0.191. The zero-order valence-electron chi connectivity index (χ0n) is 10.8. The molecule has 1 aromatic rings. The number of benzene rings is 1. The first-order valence-corrected chi connectivity index (χ1v) is 7.29. The summed E-state index contributed by atoms with van der Waals surface area (Å²) in [7, 11) is 0. The van der Waals surface area contributed by atoms with Gasteiger partial charge in [-0.1, -0.05) is 0 Å². The van der Waals surface area contributed by atoms with Gasteiger partial charge < -0.3 is 4.90 Å². The molecule has 19 heavy (non-hydrogen) atoms. The molecular formula is C13H16BrClF3N. The van der Waals surface area contributed by atoms with Crippen molar-refractivity contribution in [2.75, 3.05) is 17.3 Å². The molecule has 6 heteroatoms. The number of rotatable bonds is 5. The fraction of sp³-hybridized carbons (Fsp3) is 0.538. The third-order valence-electron chi connectivity index (χ3n) is 2.74. The van der Waals surface area contributed by atoms with E-state index in [0.717, 1.165) is 24.2 Å². The van der Waals surface area contributed by atoms with Crippen molar-refractivity contribution < 1.29 is 13.2 Å². The summed E-state index contributed by atoms with van der Waals surface area (Å²) in [5.41, 5.74) is 0.109. The van der Waals surface area contributed by atoms with Crippen LogP contribution >= 0.6 is 27.5 Å². The largest absolute Gasteiger partial charge is 0.416 e. The minimum atomic E-state index is -4.32. The van der Waals surface area contributed by atoms with E-state index >= 15 is 0 Å². The molecule has 0 saturated heterocycles. The van der Waals surface area contributed by atoms with Crippen LogP contribution in [0.4, 0.5) is 18.9 Å². The molecule has 0 fully saturated rings. The number of nitrogens with zero attached hydrogens (tertiary/aromatic N) is 1. The van der Waals surface area contributed by atoms with Crippen LogP contribution in [0.5, 0.6) is 0 Å². The highest BCUT2D eigenvalue weighted by molar-refractivity contribution is 9.10. The van der Waals surface area contributed by atoms with E-state index in [1.807, 2.05) is 18.7 Å². The molecule has 1 nitrogen and oxygen atoms in total. The molecular weight excluding hydrogens is 343 g/mol. The van der Waals surface area contributed by atoms with Gasteiger partial charge in [-0.3, -0.25) is 0 Å². The third kappa shape index (κ3) is 4.56. The summed E-state index contributed by atoms with van der Waals surface area (Å²) >= 11 is 8.90. The fourth-order valence-corrected chi connectivity index (χ4v) is 2.53. The summed E-state index contributed by atoms with van der Waals surface area (Å²) in [6.45, 7) is 4.71. The van der Waals surface area contributed by atoms with E-state index in [4.69, 9.17) is 11.6 Å².